The Morgan fingerprint density at radius 2 is 2.14 bits per heavy atom. The van der Waals surface area contributed by atoms with Crippen molar-refractivity contribution in [2.75, 3.05) is 26.0 Å². The highest BCUT2D eigenvalue weighted by Gasteiger charge is 2.42. The number of fused-ring (bicyclic) bond motifs is 1. The smallest absolute Gasteiger partial charge is 0.230 e. The number of amides is 1. The normalized spacial score (nSPS) is 27.0. The van der Waals surface area contributed by atoms with Crippen LogP contribution in [-0.4, -0.2) is 68.7 Å². The predicted molar refractivity (Wildman–Crippen MR) is 110 cm³/mol. The molecule has 8 nitrogen and oxygen atoms in total. The first-order valence-corrected chi connectivity index (χ1v) is 11.0. The van der Waals surface area contributed by atoms with E-state index in [9.17, 15) is 4.79 Å². The Bertz CT molecular complexity index is 816. The summed E-state index contributed by atoms with van der Waals surface area (Å²) in [6.45, 7) is 3.01. The van der Waals surface area contributed by atoms with E-state index in [4.69, 9.17) is 4.74 Å². The molecule has 29 heavy (non-hydrogen) atoms. The number of likely N-dealkylation sites (tertiary alicyclic amines) is 1. The highest BCUT2D eigenvalue weighted by molar-refractivity contribution is 7.99. The van der Waals surface area contributed by atoms with Gasteiger partial charge in [-0.15, -0.1) is 10.2 Å². The molecule has 1 N–H and O–H groups in total. The molecule has 2 aliphatic rings. The van der Waals surface area contributed by atoms with E-state index in [1.54, 1.807) is 13.4 Å². The number of methoxy groups -OCH3 is 1. The third-order valence-electron chi connectivity index (χ3n) is 5.96. The molecule has 0 bridgehead atoms. The van der Waals surface area contributed by atoms with Crippen LogP contribution in [0, 0.1) is 11.8 Å². The Hall–Kier alpha value is -1.97. The van der Waals surface area contributed by atoms with Gasteiger partial charge in [-0.25, -0.2) is 0 Å². The van der Waals surface area contributed by atoms with E-state index < -0.39 is 0 Å². The summed E-state index contributed by atoms with van der Waals surface area (Å²) in [6, 6.07) is 6.13. The van der Waals surface area contributed by atoms with Crippen LogP contribution in [0.4, 0.5) is 0 Å². The van der Waals surface area contributed by atoms with Crippen LogP contribution in [-0.2, 0) is 23.1 Å². The van der Waals surface area contributed by atoms with Gasteiger partial charge in [-0.3, -0.25) is 14.7 Å². The van der Waals surface area contributed by atoms with Crippen molar-refractivity contribution in [3.8, 4) is 0 Å². The zero-order valence-corrected chi connectivity index (χ0v) is 17.7. The number of hydrogen-bond acceptors (Lipinski definition) is 7. The predicted octanol–water partition coefficient (Wildman–Crippen LogP) is 1.34. The van der Waals surface area contributed by atoms with Crippen molar-refractivity contribution >= 4 is 17.7 Å². The van der Waals surface area contributed by atoms with Gasteiger partial charge in [-0.05, 0) is 36.8 Å². The Morgan fingerprint density at radius 3 is 2.83 bits per heavy atom. The lowest BCUT2D eigenvalue weighted by molar-refractivity contribution is -0.121. The second-order valence-corrected chi connectivity index (χ2v) is 8.91. The number of carbonyl (C=O) groups is 1. The number of rotatable bonds is 7. The Kier molecular flexibility index (Phi) is 6.46. The van der Waals surface area contributed by atoms with Gasteiger partial charge in [0.2, 0.25) is 5.91 Å². The van der Waals surface area contributed by atoms with E-state index in [0.717, 1.165) is 43.3 Å². The van der Waals surface area contributed by atoms with Gasteiger partial charge in [0.15, 0.2) is 5.16 Å². The lowest BCUT2D eigenvalue weighted by Gasteiger charge is -2.37. The minimum Gasteiger partial charge on any atom is -0.379 e. The highest BCUT2D eigenvalue weighted by Crippen LogP contribution is 2.38. The summed E-state index contributed by atoms with van der Waals surface area (Å²) < 4.78 is 7.57. The van der Waals surface area contributed by atoms with E-state index in [2.05, 4.69) is 31.5 Å². The molecule has 1 aliphatic carbocycles. The maximum absolute atomic E-state index is 12.5. The zero-order chi connectivity index (χ0) is 20.2. The van der Waals surface area contributed by atoms with Gasteiger partial charge in [0, 0.05) is 40.0 Å². The first kappa shape index (κ1) is 20.3. The summed E-state index contributed by atoms with van der Waals surface area (Å²) in [5.74, 6) is 1.55. The van der Waals surface area contributed by atoms with Crippen molar-refractivity contribution < 1.29 is 9.53 Å². The molecular weight excluding hydrogens is 388 g/mol. The Labute approximate surface area is 175 Å². The lowest BCUT2D eigenvalue weighted by Crippen LogP contribution is -2.50. The molecule has 156 valence electrons. The summed E-state index contributed by atoms with van der Waals surface area (Å²) >= 11 is 1.40. The largest absolute Gasteiger partial charge is 0.379 e. The summed E-state index contributed by atoms with van der Waals surface area (Å²) in [5.41, 5.74) is 1.11. The van der Waals surface area contributed by atoms with Crippen LogP contribution in [0.25, 0.3) is 0 Å². The maximum atomic E-state index is 12.5. The van der Waals surface area contributed by atoms with E-state index in [0.29, 0.717) is 17.6 Å². The maximum Gasteiger partial charge on any atom is 0.230 e. The van der Waals surface area contributed by atoms with Crippen molar-refractivity contribution in [2.45, 2.75) is 36.7 Å². The van der Waals surface area contributed by atoms with Gasteiger partial charge in [0.1, 0.15) is 6.33 Å². The average Bonchev–Trinajstić information content (AvgIpc) is 3.31. The summed E-state index contributed by atoms with van der Waals surface area (Å²) in [4.78, 5) is 19.5. The van der Waals surface area contributed by atoms with Crippen molar-refractivity contribution in [2.24, 2.45) is 18.9 Å². The lowest BCUT2D eigenvalue weighted by atomic mass is 9.77. The first-order chi connectivity index (χ1) is 14.1. The van der Waals surface area contributed by atoms with Gasteiger partial charge in [0.25, 0.3) is 0 Å². The van der Waals surface area contributed by atoms with Crippen molar-refractivity contribution in [3.63, 3.8) is 0 Å². The third-order valence-corrected chi connectivity index (χ3v) is 6.99. The minimum atomic E-state index is 0.0202. The number of nitrogens with one attached hydrogen (secondary N) is 1. The van der Waals surface area contributed by atoms with Crippen LogP contribution in [0.5, 0.6) is 0 Å². The monoisotopic (exact) mass is 416 g/mol. The molecule has 0 spiro atoms. The molecule has 4 rings (SSSR count). The van der Waals surface area contributed by atoms with Crippen LogP contribution in [0.15, 0.2) is 35.9 Å². The standard InChI is InChI=1S/C20H28N6O2S/c1-25-13-22-24-20(25)29-12-19(27)23-17-7-14-9-26(10-15(14)8-18(17)28-2)11-16-5-3-4-6-21-16/h3-6,13-15,17-18H,7-12H2,1-2H3,(H,23,27)/t14-,15+,17-,18-/m0/s1. The molecule has 2 fully saturated rings. The van der Waals surface area contributed by atoms with Gasteiger partial charge < -0.3 is 14.6 Å². The summed E-state index contributed by atoms with van der Waals surface area (Å²) in [5, 5.41) is 11.8. The average molecular weight is 417 g/mol. The molecule has 0 aromatic carbocycles. The number of nitrogens with zero attached hydrogens (tertiary/aromatic N) is 5. The first-order valence-electron chi connectivity index (χ1n) is 10.0. The van der Waals surface area contributed by atoms with E-state index in [-0.39, 0.29) is 18.1 Å². The zero-order valence-electron chi connectivity index (χ0n) is 16.9. The number of carbonyl (C=O) groups excluding carboxylic acids is 1. The summed E-state index contributed by atoms with van der Waals surface area (Å²) in [7, 11) is 3.62. The highest BCUT2D eigenvalue weighted by atomic mass is 32.2. The van der Waals surface area contributed by atoms with Gasteiger partial charge in [0.05, 0.1) is 23.6 Å². The fourth-order valence-corrected chi connectivity index (χ4v) is 5.25. The van der Waals surface area contributed by atoms with Crippen LogP contribution in [0.3, 0.4) is 0 Å². The van der Waals surface area contributed by atoms with Crippen LogP contribution in [0.2, 0.25) is 0 Å². The third kappa shape index (κ3) is 4.96. The van der Waals surface area contributed by atoms with Crippen LogP contribution < -0.4 is 5.32 Å². The second-order valence-electron chi connectivity index (χ2n) is 7.97. The SMILES string of the molecule is CO[C@H]1C[C@@H]2CN(Cc3ccccn3)C[C@@H]2C[C@@H]1NC(=O)CSc1nncn1C. The fraction of sp³-hybridized carbons (Fsp3) is 0.600. The molecule has 2 aromatic rings. The minimum absolute atomic E-state index is 0.0202. The van der Waals surface area contributed by atoms with Gasteiger partial charge >= 0.3 is 0 Å². The van der Waals surface area contributed by atoms with Crippen LogP contribution >= 0.6 is 11.8 Å². The van der Waals surface area contributed by atoms with Gasteiger partial charge in [-0.1, -0.05) is 17.8 Å². The number of aromatic nitrogens is 4. The van der Waals surface area contributed by atoms with E-state index in [1.807, 2.05) is 29.9 Å². The molecule has 0 unspecified atom stereocenters. The molecule has 4 atom stereocenters. The number of ether oxygens (including phenoxy) is 1. The van der Waals surface area contributed by atoms with Gasteiger partial charge in [-0.2, -0.15) is 0 Å². The van der Waals surface area contributed by atoms with Crippen molar-refractivity contribution in [1.82, 2.24) is 30.0 Å². The van der Waals surface area contributed by atoms with Crippen molar-refractivity contribution in [1.29, 1.82) is 0 Å². The molecule has 2 aromatic heterocycles. The Balaban J connectivity index is 1.31. The van der Waals surface area contributed by atoms with E-state index >= 15 is 0 Å². The molecule has 1 amide bonds. The molecular formula is C20H28N6O2S. The Morgan fingerprint density at radius 1 is 1.31 bits per heavy atom. The molecule has 0 radical (unpaired) electrons. The number of thioether (sulfide) groups is 1. The molecule has 1 saturated carbocycles. The molecule has 9 heteroatoms. The number of aryl methyl sites for hydroxylation is 1. The quantitative estimate of drug-likeness (QED) is 0.682. The molecule has 1 saturated heterocycles. The number of pyridine rings is 1. The topological polar surface area (TPSA) is 85.2 Å². The van der Waals surface area contributed by atoms with Crippen LogP contribution in [0.1, 0.15) is 18.5 Å². The molecule has 3 heterocycles. The van der Waals surface area contributed by atoms with E-state index in [1.165, 1.54) is 11.8 Å². The summed E-state index contributed by atoms with van der Waals surface area (Å²) in [6.07, 6.45) is 5.50. The number of hydrogen-bond donors (Lipinski definition) is 1. The molecule has 1 aliphatic heterocycles. The fourth-order valence-electron chi connectivity index (χ4n) is 4.55. The second kappa shape index (κ2) is 9.23. The van der Waals surface area contributed by atoms with Crippen molar-refractivity contribution in [3.05, 3.63) is 36.4 Å².